The number of hydrogen-bond acceptors (Lipinski definition) is 7. The highest BCUT2D eigenvalue weighted by Gasteiger charge is 2.28. The fourth-order valence-electron chi connectivity index (χ4n) is 3.60. The van der Waals surface area contributed by atoms with Gasteiger partial charge in [0.05, 0.1) is 39.0 Å². The molecule has 1 N–H and O–H groups in total. The minimum atomic E-state index is -4.23. The molecule has 0 aliphatic carbocycles. The lowest BCUT2D eigenvalue weighted by Crippen LogP contribution is -2.41. The zero-order chi connectivity index (χ0) is 27.0. The number of nitrogens with zero attached hydrogens (tertiary/aromatic N) is 1. The maximum absolute atomic E-state index is 13.6. The van der Waals surface area contributed by atoms with Crippen LogP contribution in [0.5, 0.6) is 23.0 Å². The van der Waals surface area contributed by atoms with Crippen molar-refractivity contribution < 1.29 is 36.6 Å². The first-order valence-electron chi connectivity index (χ1n) is 11.2. The van der Waals surface area contributed by atoms with E-state index in [9.17, 15) is 17.6 Å². The van der Waals surface area contributed by atoms with Crippen LogP contribution in [-0.4, -0.2) is 55.9 Å². The van der Waals surface area contributed by atoms with Crippen LogP contribution in [0, 0.1) is 5.82 Å². The Bertz CT molecular complexity index is 1330. The molecule has 37 heavy (non-hydrogen) atoms. The summed E-state index contributed by atoms with van der Waals surface area (Å²) in [6.07, 6.45) is 0.477. The van der Waals surface area contributed by atoms with Gasteiger partial charge in [-0.3, -0.25) is 9.10 Å². The Hall–Kier alpha value is -3.99. The first-order valence-corrected chi connectivity index (χ1v) is 12.7. The second-order valence-electron chi connectivity index (χ2n) is 7.79. The number of benzene rings is 3. The Labute approximate surface area is 215 Å². The Morgan fingerprint density at radius 2 is 1.38 bits per heavy atom. The van der Waals surface area contributed by atoms with E-state index < -0.39 is 28.3 Å². The maximum Gasteiger partial charge on any atom is 0.264 e. The number of sulfonamides is 1. The van der Waals surface area contributed by atoms with Crippen molar-refractivity contribution in [3.8, 4) is 23.0 Å². The van der Waals surface area contributed by atoms with Gasteiger partial charge in [-0.15, -0.1) is 0 Å². The monoisotopic (exact) mass is 532 g/mol. The molecule has 0 saturated carbocycles. The average Bonchev–Trinajstić information content (AvgIpc) is 2.91. The van der Waals surface area contributed by atoms with Gasteiger partial charge in [0.25, 0.3) is 10.0 Å². The smallest absolute Gasteiger partial charge is 0.264 e. The predicted molar refractivity (Wildman–Crippen MR) is 137 cm³/mol. The van der Waals surface area contributed by atoms with E-state index >= 15 is 0 Å². The molecule has 3 rings (SSSR count). The van der Waals surface area contributed by atoms with E-state index in [0.29, 0.717) is 23.7 Å². The predicted octanol–water partition coefficient (Wildman–Crippen LogP) is 3.41. The molecule has 3 aromatic carbocycles. The fraction of sp³-hybridized carbons (Fsp3) is 0.269. The molecule has 0 atom stereocenters. The molecule has 11 heteroatoms. The summed E-state index contributed by atoms with van der Waals surface area (Å²) in [5, 5.41) is 2.74. The van der Waals surface area contributed by atoms with E-state index in [-0.39, 0.29) is 22.9 Å². The standard InChI is InChI=1S/C26H29FN2O7S/c1-33-22-11-5-18(15-24(22)35-3)13-14-28-26(30)17-29(20-8-6-19(27)7-9-20)37(31,32)21-10-12-23(34-2)25(16-21)36-4/h5-12,15-16H,13-14,17H2,1-4H3,(H,28,30). The molecule has 0 heterocycles. The second-order valence-corrected chi connectivity index (χ2v) is 9.66. The highest BCUT2D eigenvalue weighted by molar-refractivity contribution is 7.92. The summed E-state index contributed by atoms with van der Waals surface area (Å²) in [7, 11) is 1.67. The number of methoxy groups -OCH3 is 4. The van der Waals surface area contributed by atoms with E-state index in [1.807, 2.05) is 6.07 Å². The summed E-state index contributed by atoms with van der Waals surface area (Å²) in [4.78, 5) is 12.7. The van der Waals surface area contributed by atoms with Gasteiger partial charge >= 0.3 is 0 Å². The second kappa shape index (κ2) is 12.3. The first kappa shape index (κ1) is 27.6. The minimum Gasteiger partial charge on any atom is -0.493 e. The summed E-state index contributed by atoms with van der Waals surface area (Å²) in [5.41, 5.74) is 1.03. The van der Waals surface area contributed by atoms with Crippen LogP contribution in [0.4, 0.5) is 10.1 Å². The van der Waals surface area contributed by atoms with Gasteiger partial charge in [-0.05, 0) is 60.5 Å². The van der Waals surface area contributed by atoms with E-state index in [1.54, 1.807) is 19.2 Å². The zero-order valence-corrected chi connectivity index (χ0v) is 21.8. The van der Waals surface area contributed by atoms with Crippen molar-refractivity contribution in [1.29, 1.82) is 0 Å². The number of rotatable bonds is 12. The van der Waals surface area contributed by atoms with Crippen molar-refractivity contribution in [2.45, 2.75) is 11.3 Å². The van der Waals surface area contributed by atoms with Gasteiger partial charge < -0.3 is 24.3 Å². The molecule has 0 spiro atoms. The van der Waals surface area contributed by atoms with E-state index in [1.165, 1.54) is 51.7 Å². The van der Waals surface area contributed by atoms with Gasteiger partial charge in [0, 0.05) is 12.6 Å². The van der Waals surface area contributed by atoms with E-state index in [0.717, 1.165) is 22.0 Å². The van der Waals surface area contributed by atoms with Crippen molar-refractivity contribution in [3.05, 3.63) is 72.0 Å². The number of anilines is 1. The summed E-state index contributed by atoms with van der Waals surface area (Å²) in [6.45, 7) is -0.268. The van der Waals surface area contributed by atoms with Gasteiger partial charge in [-0.2, -0.15) is 0 Å². The van der Waals surface area contributed by atoms with Gasteiger partial charge in [-0.25, -0.2) is 12.8 Å². The van der Waals surface area contributed by atoms with Crippen molar-refractivity contribution in [2.24, 2.45) is 0 Å². The number of ether oxygens (including phenoxy) is 4. The molecule has 0 fully saturated rings. The Morgan fingerprint density at radius 1 is 0.811 bits per heavy atom. The molecule has 0 aromatic heterocycles. The quantitative estimate of drug-likeness (QED) is 0.381. The Balaban J connectivity index is 1.80. The molecule has 9 nitrogen and oxygen atoms in total. The number of nitrogens with one attached hydrogen (secondary N) is 1. The van der Waals surface area contributed by atoms with Gasteiger partial charge in [-0.1, -0.05) is 6.07 Å². The van der Waals surface area contributed by atoms with Crippen LogP contribution >= 0.6 is 0 Å². The molecule has 0 radical (unpaired) electrons. The average molecular weight is 533 g/mol. The maximum atomic E-state index is 13.6. The summed E-state index contributed by atoms with van der Waals surface area (Å²) in [6, 6.07) is 14.4. The number of halogens is 1. The molecule has 0 saturated heterocycles. The molecule has 198 valence electrons. The summed E-state index contributed by atoms with van der Waals surface area (Å²) in [5.74, 6) is 0.644. The van der Waals surface area contributed by atoms with Crippen LogP contribution in [0.25, 0.3) is 0 Å². The lowest BCUT2D eigenvalue weighted by atomic mass is 10.1. The van der Waals surface area contributed by atoms with Crippen molar-refractivity contribution in [3.63, 3.8) is 0 Å². The number of hydrogen-bond donors (Lipinski definition) is 1. The minimum absolute atomic E-state index is 0.118. The lowest BCUT2D eigenvalue weighted by Gasteiger charge is -2.24. The van der Waals surface area contributed by atoms with Crippen LogP contribution in [0.1, 0.15) is 5.56 Å². The number of carbonyl (C=O) groups is 1. The molecular weight excluding hydrogens is 503 g/mol. The first-order chi connectivity index (χ1) is 17.7. The van der Waals surface area contributed by atoms with Crippen LogP contribution in [-0.2, 0) is 21.2 Å². The van der Waals surface area contributed by atoms with Crippen LogP contribution < -0.4 is 28.6 Å². The van der Waals surface area contributed by atoms with Crippen molar-refractivity contribution in [1.82, 2.24) is 5.32 Å². The Morgan fingerprint density at radius 3 is 1.97 bits per heavy atom. The number of carbonyl (C=O) groups excluding carboxylic acids is 1. The molecule has 0 unspecified atom stereocenters. The molecule has 0 bridgehead atoms. The van der Waals surface area contributed by atoms with Crippen LogP contribution in [0.3, 0.4) is 0 Å². The highest BCUT2D eigenvalue weighted by atomic mass is 32.2. The normalized spacial score (nSPS) is 10.9. The van der Waals surface area contributed by atoms with E-state index in [4.69, 9.17) is 18.9 Å². The summed E-state index contributed by atoms with van der Waals surface area (Å²) < 4.78 is 62.6. The largest absolute Gasteiger partial charge is 0.493 e. The third-order valence-corrected chi connectivity index (χ3v) is 7.30. The Kier molecular flexibility index (Phi) is 9.18. The zero-order valence-electron chi connectivity index (χ0n) is 21.0. The van der Waals surface area contributed by atoms with Crippen LogP contribution in [0.2, 0.25) is 0 Å². The number of amides is 1. The third kappa shape index (κ3) is 6.62. The van der Waals surface area contributed by atoms with Gasteiger partial charge in [0.2, 0.25) is 5.91 Å². The highest BCUT2D eigenvalue weighted by Crippen LogP contribution is 2.32. The van der Waals surface area contributed by atoms with E-state index in [2.05, 4.69) is 5.32 Å². The molecule has 3 aromatic rings. The molecular formula is C26H29FN2O7S. The van der Waals surface area contributed by atoms with Gasteiger partial charge in [0.1, 0.15) is 12.4 Å². The molecule has 1 amide bonds. The van der Waals surface area contributed by atoms with Gasteiger partial charge in [0.15, 0.2) is 23.0 Å². The summed E-state index contributed by atoms with van der Waals surface area (Å²) >= 11 is 0. The topological polar surface area (TPSA) is 103 Å². The molecule has 0 aliphatic heterocycles. The van der Waals surface area contributed by atoms with Crippen molar-refractivity contribution >= 4 is 21.6 Å². The third-order valence-electron chi connectivity index (χ3n) is 5.53. The SMILES string of the molecule is COc1ccc(CCNC(=O)CN(c2ccc(F)cc2)S(=O)(=O)c2ccc(OC)c(OC)c2)cc1OC. The van der Waals surface area contributed by atoms with Crippen LogP contribution in [0.15, 0.2) is 65.6 Å². The molecule has 0 aliphatic rings. The lowest BCUT2D eigenvalue weighted by molar-refractivity contribution is -0.119. The fourth-order valence-corrected chi connectivity index (χ4v) is 5.03. The van der Waals surface area contributed by atoms with Crippen molar-refractivity contribution in [2.75, 3.05) is 45.8 Å².